The molecule has 0 atom stereocenters. The van der Waals surface area contributed by atoms with E-state index >= 15 is 0 Å². The molecule has 6 rings (SSSR count). The molecule has 0 unspecified atom stereocenters. The molecule has 0 spiro atoms. The van der Waals surface area contributed by atoms with Crippen LogP contribution in [-0.4, -0.2) is 41.1 Å². The van der Waals surface area contributed by atoms with Gasteiger partial charge in [0.15, 0.2) is 5.75 Å². The van der Waals surface area contributed by atoms with Crippen molar-refractivity contribution in [2.24, 2.45) is 30.7 Å². The van der Waals surface area contributed by atoms with Gasteiger partial charge in [-0.2, -0.15) is 37.3 Å². The van der Waals surface area contributed by atoms with Gasteiger partial charge in [0.1, 0.15) is 26.9 Å². The molecule has 18 nitrogen and oxygen atoms in total. The number of benzene rings is 6. The molecule has 0 amide bonds. The van der Waals surface area contributed by atoms with E-state index in [1.165, 1.54) is 24.3 Å². The number of phenols is 2. The van der Waals surface area contributed by atoms with Crippen molar-refractivity contribution in [2.45, 2.75) is 9.79 Å². The summed E-state index contributed by atoms with van der Waals surface area (Å²) in [6.07, 6.45) is 0. The van der Waals surface area contributed by atoms with Crippen molar-refractivity contribution in [3.63, 3.8) is 0 Å². The molecule has 0 bridgehead atoms. The van der Waals surface area contributed by atoms with E-state index in [4.69, 9.17) is 5.73 Å². The zero-order valence-corrected chi connectivity index (χ0v) is 28.8. The number of non-ortho nitro benzene ring substituents is 1. The first-order chi connectivity index (χ1) is 25.6. The summed E-state index contributed by atoms with van der Waals surface area (Å²) in [5.41, 5.74) is 6.91. The van der Waals surface area contributed by atoms with Gasteiger partial charge in [0.2, 0.25) is 0 Å². The number of anilines is 1. The van der Waals surface area contributed by atoms with Crippen LogP contribution in [-0.2, 0) is 20.2 Å². The predicted molar refractivity (Wildman–Crippen MR) is 195 cm³/mol. The normalized spacial score (nSPS) is 12.3. The molecule has 272 valence electrons. The zero-order valence-electron chi connectivity index (χ0n) is 27.2. The average molecular weight is 769 g/mol. The monoisotopic (exact) mass is 768 g/mol. The van der Waals surface area contributed by atoms with Crippen molar-refractivity contribution in [3.05, 3.63) is 119 Å². The summed E-state index contributed by atoms with van der Waals surface area (Å²) in [5, 5.41) is 54.7. The minimum Gasteiger partial charge on any atom is -0.508 e. The molecule has 0 aromatic heterocycles. The maximum absolute atomic E-state index is 12.4. The van der Waals surface area contributed by atoms with Gasteiger partial charge in [-0.15, -0.1) is 10.2 Å². The summed E-state index contributed by atoms with van der Waals surface area (Å²) >= 11 is 0. The highest BCUT2D eigenvalue weighted by molar-refractivity contribution is 7.86. The number of hydrogen-bond acceptors (Lipinski definition) is 15. The van der Waals surface area contributed by atoms with E-state index in [0.717, 1.165) is 35.4 Å². The molecule has 54 heavy (non-hydrogen) atoms. The van der Waals surface area contributed by atoms with Crippen LogP contribution in [0, 0.1) is 10.1 Å². The Morgan fingerprint density at radius 3 is 1.35 bits per heavy atom. The second kappa shape index (κ2) is 14.6. The summed E-state index contributed by atoms with van der Waals surface area (Å²) in [7, 11) is -10.2. The van der Waals surface area contributed by atoms with Crippen LogP contribution < -0.4 is 5.73 Å². The van der Waals surface area contributed by atoms with Gasteiger partial charge in [0.05, 0.1) is 38.7 Å². The van der Waals surface area contributed by atoms with Gasteiger partial charge in [-0.3, -0.25) is 19.2 Å². The maximum Gasteiger partial charge on any atom is 0.296 e. The van der Waals surface area contributed by atoms with Crippen LogP contribution in [0.15, 0.2) is 150 Å². The Balaban J connectivity index is 1.34. The van der Waals surface area contributed by atoms with Gasteiger partial charge in [-0.1, -0.05) is 24.3 Å². The highest BCUT2D eigenvalue weighted by Crippen LogP contribution is 2.48. The first-order valence-corrected chi connectivity index (χ1v) is 18.0. The van der Waals surface area contributed by atoms with Gasteiger partial charge < -0.3 is 15.9 Å². The molecular weight excluding hydrogens is 745 g/mol. The number of hydrogen-bond donors (Lipinski definition) is 5. The molecule has 0 fully saturated rings. The number of rotatable bonds is 10. The third kappa shape index (κ3) is 8.05. The van der Waals surface area contributed by atoms with E-state index in [1.54, 1.807) is 48.5 Å². The number of azo groups is 3. The van der Waals surface area contributed by atoms with Crippen LogP contribution in [0.5, 0.6) is 11.5 Å². The molecular formula is C34H24N8O10S2. The van der Waals surface area contributed by atoms with E-state index in [-0.39, 0.29) is 33.6 Å². The minimum absolute atomic E-state index is 0.0262. The van der Waals surface area contributed by atoms with Crippen LogP contribution in [0.2, 0.25) is 0 Å². The zero-order chi connectivity index (χ0) is 38.8. The molecule has 6 aromatic carbocycles. The summed E-state index contributed by atoms with van der Waals surface area (Å²) in [6.45, 7) is 0. The Labute approximate surface area is 305 Å². The van der Waals surface area contributed by atoms with Crippen molar-refractivity contribution < 1.29 is 41.1 Å². The third-order valence-electron chi connectivity index (χ3n) is 7.66. The molecule has 0 aliphatic rings. The smallest absolute Gasteiger partial charge is 0.296 e. The minimum atomic E-state index is -5.13. The first kappa shape index (κ1) is 36.8. The fourth-order valence-electron chi connectivity index (χ4n) is 5.04. The van der Waals surface area contributed by atoms with Gasteiger partial charge in [0, 0.05) is 12.1 Å². The number of nitrogen functional groups attached to an aromatic ring is 1. The van der Waals surface area contributed by atoms with E-state index in [9.17, 15) is 46.3 Å². The highest BCUT2D eigenvalue weighted by Gasteiger charge is 2.28. The van der Waals surface area contributed by atoms with Crippen molar-refractivity contribution >= 4 is 76.5 Å². The van der Waals surface area contributed by atoms with Crippen LogP contribution in [0.3, 0.4) is 0 Å². The van der Waals surface area contributed by atoms with Crippen LogP contribution in [0.4, 0.5) is 45.5 Å². The van der Waals surface area contributed by atoms with Gasteiger partial charge in [0.25, 0.3) is 25.9 Å². The van der Waals surface area contributed by atoms with E-state index in [2.05, 4.69) is 30.7 Å². The number of nitrogens with zero attached hydrogens (tertiary/aromatic N) is 7. The fraction of sp³-hybridized carbons (Fsp3) is 0. The number of nitro groups is 1. The Kier molecular flexibility index (Phi) is 9.91. The van der Waals surface area contributed by atoms with E-state index < -0.39 is 57.8 Å². The number of aromatic hydroxyl groups is 2. The number of nitro benzene ring substituents is 1. The van der Waals surface area contributed by atoms with Crippen molar-refractivity contribution in [3.8, 4) is 22.6 Å². The van der Waals surface area contributed by atoms with Gasteiger partial charge in [-0.25, -0.2) is 0 Å². The van der Waals surface area contributed by atoms with Crippen LogP contribution in [0.1, 0.15) is 0 Å². The lowest BCUT2D eigenvalue weighted by Crippen LogP contribution is -2.03. The maximum atomic E-state index is 12.4. The molecule has 0 aliphatic carbocycles. The Morgan fingerprint density at radius 1 is 0.556 bits per heavy atom. The average Bonchev–Trinajstić information content (AvgIpc) is 3.13. The summed E-state index contributed by atoms with van der Waals surface area (Å²) in [5.74, 6) is -0.821. The number of nitrogens with two attached hydrogens (primary N) is 1. The lowest BCUT2D eigenvalue weighted by molar-refractivity contribution is -0.384. The molecule has 20 heteroatoms. The van der Waals surface area contributed by atoms with Crippen molar-refractivity contribution in [1.29, 1.82) is 0 Å². The Morgan fingerprint density at radius 2 is 0.926 bits per heavy atom. The van der Waals surface area contributed by atoms with E-state index in [0.29, 0.717) is 11.4 Å². The summed E-state index contributed by atoms with van der Waals surface area (Å²) < 4.78 is 69.5. The van der Waals surface area contributed by atoms with Crippen molar-refractivity contribution in [2.75, 3.05) is 5.73 Å². The van der Waals surface area contributed by atoms with Crippen LogP contribution >= 0.6 is 0 Å². The second-order valence-electron chi connectivity index (χ2n) is 11.2. The highest BCUT2D eigenvalue weighted by atomic mass is 32.2. The number of fused-ring (bicyclic) bond motifs is 1. The standard InChI is InChI=1S/C34H24N8O10S2/c35-31-30-21(17-28(53(47,48)49)32(31)40-38-24-9-13-26(14-10-24)42(45)46)18-29(54(50,51)52)33(34(30)44)41-39-23-7-3-20(4-8-23)19-1-5-22(6-2-19)36-37-25-11-15-27(43)16-12-25/h1-18,43-44H,35H2,(H,47,48,49)(H,50,51,52)/b37-36+,40-38+,41-39+. The Bertz CT molecular complexity index is 2740. The predicted octanol–water partition coefficient (Wildman–Crippen LogP) is 9.15. The van der Waals surface area contributed by atoms with Crippen LogP contribution in [0.25, 0.3) is 21.9 Å². The third-order valence-corrected chi connectivity index (χ3v) is 9.39. The summed E-state index contributed by atoms with van der Waals surface area (Å²) in [6, 6.07) is 26.0. The quantitative estimate of drug-likeness (QED) is 0.0287. The number of phenolic OH excluding ortho intramolecular Hbond substituents is 2. The molecule has 0 heterocycles. The molecule has 6 aromatic rings. The SMILES string of the molecule is Nc1c(/N=N/c2ccc([N+](=O)[O-])cc2)c(S(=O)(=O)O)cc2cc(S(=O)(=O)O)c(/N=N/c3ccc(-c4ccc(/N=N/c5ccc(O)cc5)cc4)cc3)c(O)c12. The Hall–Kier alpha value is -7.00. The van der Waals surface area contributed by atoms with Gasteiger partial charge >= 0.3 is 0 Å². The summed E-state index contributed by atoms with van der Waals surface area (Å²) in [4.78, 5) is 8.42. The topological polar surface area (TPSA) is 293 Å². The fourth-order valence-corrected chi connectivity index (χ4v) is 6.37. The van der Waals surface area contributed by atoms with Crippen molar-refractivity contribution in [1.82, 2.24) is 0 Å². The van der Waals surface area contributed by atoms with E-state index in [1.807, 2.05) is 12.1 Å². The molecule has 0 aliphatic heterocycles. The lowest BCUT2D eigenvalue weighted by atomic mass is 10.0. The van der Waals surface area contributed by atoms with Gasteiger partial charge in [-0.05, 0) is 89.3 Å². The first-order valence-electron chi connectivity index (χ1n) is 15.1. The molecule has 0 saturated heterocycles. The molecule has 6 N–H and O–H groups in total. The lowest BCUT2D eigenvalue weighted by Gasteiger charge is -2.14. The second-order valence-corrected chi connectivity index (χ2v) is 14.0. The largest absolute Gasteiger partial charge is 0.508 e. The molecule has 0 radical (unpaired) electrons. The molecule has 0 saturated carbocycles.